The summed E-state index contributed by atoms with van der Waals surface area (Å²) in [5, 5.41) is 2.89. The lowest BCUT2D eigenvalue weighted by atomic mass is 9.92. The van der Waals surface area contributed by atoms with Gasteiger partial charge >= 0.3 is 0 Å². The van der Waals surface area contributed by atoms with Crippen molar-refractivity contribution >= 4 is 11.8 Å². The average Bonchev–Trinajstić information content (AvgIpc) is 2.39. The van der Waals surface area contributed by atoms with Crippen molar-refractivity contribution in [2.45, 2.75) is 78.9 Å². The predicted molar refractivity (Wildman–Crippen MR) is 81.2 cm³/mol. The van der Waals surface area contributed by atoms with Crippen molar-refractivity contribution in [3.63, 3.8) is 0 Å². The maximum atomic E-state index is 12.7. The van der Waals surface area contributed by atoms with Gasteiger partial charge in [0, 0.05) is 6.04 Å². The molecule has 4 heteroatoms. The summed E-state index contributed by atoms with van der Waals surface area (Å²) in [5.41, 5.74) is 0. The number of nitrogens with one attached hydrogen (secondary N) is 1. The normalized spacial score (nSPS) is 26.6. The maximum Gasteiger partial charge on any atom is 0.246 e. The number of hydrogen-bond acceptors (Lipinski definition) is 2. The van der Waals surface area contributed by atoms with Crippen molar-refractivity contribution < 1.29 is 9.59 Å². The molecule has 1 aliphatic rings. The second-order valence-corrected chi connectivity index (χ2v) is 6.50. The van der Waals surface area contributed by atoms with E-state index in [1.54, 1.807) is 0 Å². The Hall–Kier alpha value is -1.06. The van der Waals surface area contributed by atoms with Crippen LogP contribution >= 0.6 is 0 Å². The Morgan fingerprint density at radius 3 is 2.20 bits per heavy atom. The molecule has 1 rings (SSSR count). The highest BCUT2D eigenvalue weighted by Gasteiger charge is 2.42. The second kappa shape index (κ2) is 7.09. The first-order valence-electron chi connectivity index (χ1n) is 7.95. The van der Waals surface area contributed by atoms with Crippen LogP contribution in [0.25, 0.3) is 0 Å². The summed E-state index contributed by atoms with van der Waals surface area (Å²) < 4.78 is 0. The molecule has 0 aliphatic carbocycles. The minimum atomic E-state index is -0.371. The van der Waals surface area contributed by atoms with Crippen molar-refractivity contribution in [2.75, 3.05) is 0 Å². The van der Waals surface area contributed by atoms with Gasteiger partial charge in [-0.1, -0.05) is 41.0 Å². The number of hydrogen-bond donors (Lipinski definition) is 1. The molecule has 0 radical (unpaired) electrons. The fraction of sp³-hybridized carbons (Fsp3) is 0.875. The Morgan fingerprint density at radius 2 is 1.75 bits per heavy atom. The number of piperazine rings is 1. The minimum Gasteiger partial charge on any atom is -0.342 e. The molecule has 1 aliphatic heterocycles. The molecule has 2 amide bonds. The van der Waals surface area contributed by atoms with Crippen LogP contribution in [-0.2, 0) is 9.59 Å². The molecular formula is C16H30N2O2. The van der Waals surface area contributed by atoms with Crippen LogP contribution in [0.15, 0.2) is 0 Å². The van der Waals surface area contributed by atoms with E-state index in [2.05, 4.69) is 26.1 Å². The van der Waals surface area contributed by atoms with Crippen molar-refractivity contribution in [3.8, 4) is 0 Å². The zero-order chi connectivity index (χ0) is 15.4. The second-order valence-electron chi connectivity index (χ2n) is 6.50. The van der Waals surface area contributed by atoms with Crippen molar-refractivity contribution in [1.82, 2.24) is 10.2 Å². The molecule has 0 aromatic heterocycles. The molecule has 4 nitrogen and oxygen atoms in total. The lowest BCUT2D eigenvalue weighted by molar-refractivity contribution is -0.153. The highest BCUT2D eigenvalue weighted by Crippen LogP contribution is 2.24. The molecule has 4 unspecified atom stereocenters. The van der Waals surface area contributed by atoms with Gasteiger partial charge in [0.25, 0.3) is 0 Å². The lowest BCUT2D eigenvalue weighted by Crippen LogP contribution is -2.66. The van der Waals surface area contributed by atoms with E-state index in [9.17, 15) is 9.59 Å². The summed E-state index contributed by atoms with van der Waals surface area (Å²) >= 11 is 0. The van der Waals surface area contributed by atoms with Gasteiger partial charge in [-0.15, -0.1) is 0 Å². The molecule has 0 aromatic carbocycles. The Balaban J connectivity index is 2.96. The number of nitrogens with zero attached hydrogens (tertiary/aromatic N) is 1. The first-order valence-corrected chi connectivity index (χ1v) is 7.95. The molecule has 20 heavy (non-hydrogen) atoms. The van der Waals surface area contributed by atoms with Gasteiger partial charge in [-0.3, -0.25) is 9.59 Å². The van der Waals surface area contributed by atoms with Gasteiger partial charge < -0.3 is 10.2 Å². The average molecular weight is 282 g/mol. The van der Waals surface area contributed by atoms with Crippen molar-refractivity contribution in [2.24, 2.45) is 11.8 Å². The van der Waals surface area contributed by atoms with E-state index in [1.807, 2.05) is 25.7 Å². The van der Waals surface area contributed by atoms with Crippen LogP contribution in [-0.4, -0.2) is 34.8 Å². The Bertz CT molecular complexity index is 354. The van der Waals surface area contributed by atoms with Crippen LogP contribution in [0, 0.1) is 11.8 Å². The maximum absolute atomic E-state index is 12.7. The molecular weight excluding hydrogens is 252 g/mol. The Kier molecular flexibility index (Phi) is 6.03. The van der Waals surface area contributed by atoms with Crippen LogP contribution in [0.2, 0.25) is 0 Å². The minimum absolute atomic E-state index is 0.00167. The monoisotopic (exact) mass is 282 g/mol. The predicted octanol–water partition coefficient (Wildman–Crippen LogP) is 2.57. The van der Waals surface area contributed by atoms with Crippen LogP contribution in [0.5, 0.6) is 0 Å². The zero-order valence-electron chi connectivity index (χ0n) is 13.8. The molecule has 4 atom stereocenters. The molecule has 1 fully saturated rings. The van der Waals surface area contributed by atoms with Gasteiger partial charge in [-0.2, -0.15) is 0 Å². The number of amides is 2. The fourth-order valence-electron chi connectivity index (χ4n) is 2.97. The summed E-state index contributed by atoms with van der Waals surface area (Å²) in [6.07, 6.45) is 2.73. The molecule has 1 heterocycles. The van der Waals surface area contributed by atoms with E-state index in [-0.39, 0.29) is 35.9 Å². The van der Waals surface area contributed by atoms with Crippen molar-refractivity contribution in [1.29, 1.82) is 0 Å². The molecule has 116 valence electrons. The largest absolute Gasteiger partial charge is 0.342 e. The van der Waals surface area contributed by atoms with E-state index >= 15 is 0 Å². The molecule has 0 spiro atoms. The molecule has 1 N–H and O–H groups in total. The van der Waals surface area contributed by atoms with Gasteiger partial charge in [-0.25, -0.2) is 0 Å². The quantitative estimate of drug-likeness (QED) is 0.814. The summed E-state index contributed by atoms with van der Waals surface area (Å²) in [4.78, 5) is 26.8. The van der Waals surface area contributed by atoms with Crippen LogP contribution in [0.4, 0.5) is 0 Å². The summed E-state index contributed by atoms with van der Waals surface area (Å²) in [6, 6.07) is -0.559. The van der Waals surface area contributed by atoms with Gasteiger partial charge in [0.15, 0.2) is 0 Å². The van der Waals surface area contributed by atoms with E-state index in [1.165, 1.54) is 0 Å². The van der Waals surface area contributed by atoms with Gasteiger partial charge in [0.1, 0.15) is 12.1 Å². The SMILES string of the molecule is CCC(C)CC(C)N1C(=O)C(C(C)C)NC(=O)C1CC. The van der Waals surface area contributed by atoms with Crippen LogP contribution < -0.4 is 5.32 Å². The Labute approximate surface area is 123 Å². The third-order valence-corrected chi connectivity index (χ3v) is 4.43. The van der Waals surface area contributed by atoms with E-state index in [0.717, 1.165) is 12.8 Å². The van der Waals surface area contributed by atoms with E-state index in [0.29, 0.717) is 12.3 Å². The molecule has 0 bridgehead atoms. The summed E-state index contributed by atoms with van der Waals surface area (Å²) in [7, 11) is 0. The van der Waals surface area contributed by atoms with Gasteiger partial charge in [0.2, 0.25) is 11.8 Å². The first kappa shape index (κ1) is 17.0. The van der Waals surface area contributed by atoms with E-state index in [4.69, 9.17) is 0 Å². The number of rotatable bonds is 6. The fourth-order valence-corrected chi connectivity index (χ4v) is 2.97. The third kappa shape index (κ3) is 3.53. The van der Waals surface area contributed by atoms with Gasteiger partial charge in [0.05, 0.1) is 0 Å². The number of carbonyl (C=O) groups is 2. The highest BCUT2D eigenvalue weighted by molar-refractivity contribution is 5.97. The zero-order valence-corrected chi connectivity index (χ0v) is 13.8. The van der Waals surface area contributed by atoms with Crippen molar-refractivity contribution in [3.05, 3.63) is 0 Å². The highest BCUT2D eigenvalue weighted by atomic mass is 16.2. The first-order chi connectivity index (χ1) is 9.33. The Morgan fingerprint density at radius 1 is 1.15 bits per heavy atom. The molecule has 1 saturated heterocycles. The topological polar surface area (TPSA) is 49.4 Å². The van der Waals surface area contributed by atoms with Gasteiger partial charge in [-0.05, 0) is 31.6 Å². The third-order valence-electron chi connectivity index (χ3n) is 4.43. The van der Waals surface area contributed by atoms with E-state index < -0.39 is 0 Å². The molecule has 0 aromatic rings. The smallest absolute Gasteiger partial charge is 0.246 e. The summed E-state index contributed by atoms with van der Waals surface area (Å²) in [5.74, 6) is 0.782. The van der Waals surface area contributed by atoms with Crippen LogP contribution in [0.3, 0.4) is 0 Å². The van der Waals surface area contributed by atoms with Crippen LogP contribution in [0.1, 0.15) is 60.8 Å². The summed E-state index contributed by atoms with van der Waals surface area (Å²) in [6.45, 7) is 12.4. The number of carbonyl (C=O) groups excluding carboxylic acids is 2. The standard InChI is InChI=1S/C16H30N2O2/c1-7-11(5)9-12(6)18-13(8-2)15(19)17-14(10(3)4)16(18)20/h10-14H,7-9H2,1-6H3,(H,17,19). The molecule has 0 saturated carbocycles. The lowest BCUT2D eigenvalue weighted by Gasteiger charge is -2.43.